The van der Waals surface area contributed by atoms with E-state index in [-0.39, 0.29) is 4.32 Å². The number of thioether (sulfide) groups is 1. The summed E-state index contributed by atoms with van der Waals surface area (Å²) in [6, 6.07) is 2.27. The van der Waals surface area contributed by atoms with Crippen LogP contribution in [0.3, 0.4) is 0 Å². The predicted octanol–water partition coefficient (Wildman–Crippen LogP) is 1.38. The highest BCUT2D eigenvalue weighted by atomic mass is 79.9. The molecule has 19 heavy (non-hydrogen) atoms. The normalized spacial score (nSPS) is 19.3. The second-order valence-electron chi connectivity index (χ2n) is 3.69. The number of amides is 1. The van der Waals surface area contributed by atoms with Gasteiger partial charge >= 0.3 is 0 Å². The van der Waals surface area contributed by atoms with Crippen molar-refractivity contribution >= 4 is 62.2 Å². The molecule has 0 N–H and O–H groups in total. The first kappa shape index (κ1) is 14.3. The van der Waals surface area contributed by atoms with Crippen molar-refractivity contribution in [2.45, 2.75) is 13.0 Å². The molecule has 2 heterocycles. The summed E-state index contributed by atoms with van der Waals surface area (Å²) in [6.07, 6.45) is 1.52. The van der Waals surface area contributed by atoms with Gasteiger partial charge in [0.1, 0.15) is 10.1 Å². The molecule has 0 radical (unpaired) electrons. The third kappa shape index (κ3) is 2.90. The number of hydrogen-bond acceptors (Lipinski definition) is 6. The first-order valence-corrected chi connectivity index (χ1v) is 7.15. The van der Waals surface area contributed by atoms with E-state index in [1.807, 2.05) is 0 Å². The fourth-order valence-electron chi connectivity index (χ4n) is 1.45. The fraction of sp³-hybridized carbons (Fsp3) is 0.182. The lowest BCUT2D eigenvalue weighted by molar-refractivity contribution is -0.309. The Bertz CT molecular complexity index is 595. The maximum atomic E-state index is 12.1. The van der Waals surface area contributed by atoms with Crippen molar-refractivity contribution in [2.24, 2.45) is 0 Å². The Kier molecular flexibility index (Phi) is 4.12. The van der Waals surface area contributed by atoms with Gasteiger partial charge in [-0.3, -0.25) is 9.69 Å². The van der Waals surface area contributed by atoms with Crippen LogP contribution in [-0.2, 0) is 9.59 Å². The Morgan fingerprint density at radius 1 is 1.63 bits per heavy atom. The molecular formula is C11H7BrNO4S2-. The molecule has 0 unspecified atom stereocenters. The van der Waals surface area contributed by atoms with Gasteiger partial charge < -0.3 is 14.3 Å². The van der Waals surface area contributed by atoms with Gasteiger partial charge in [0.2, 0.25) is 0 Å². The molecule has 1 aromatic heterocycles. The van der Waals surface area contributed by atoms with Gasteiger partial charge in [0.05, 0.1) is 16.9 Å². The Labute approximate surface area is 126 Å². The average molecular weight is 361 g/mol. The van der Waals surface area contributed by atoms with E-state index in [1.165, 1.54) is 13.0 Å². The number of carbonyl (C=O) groups is 2. The van der Waals surface area contributed by atoms with E-state index in [0.29, 0.717) is 15.3 Å². The summed E-state index contributed by atoms with van der Waals surface area (Å²) in [7, 11) is 0. The van der Waals surface area contributed by atoms with Gasteiger partial charge in [-0.05, 0) is 35.0 Å². The van der Waals surface area contributed by atoms with Crippen LogP contribution in [0.4, 0.5) is 0 Å². The Morgan fingerprint density at radius 3 is 2.84 bits per heavy atom. The van der Waals surface area contributed by atoms with E-state index >= 15 is 0 Å². The van der Waals surface area contributed by atoms with Crippen LogP contribution in [0, 0.1) is 0 Å². The predicted molar refractivity (Wildman–Crippen MR) is 75.9 cm³/mol. The molecule has 100 valence electrons. The number of rotatable bonds is 3. The molecule has 0 aromatic carbocycles. The number of nitrogens with zero attached hydrogens (tertiary/aromatic N) is 1. The second-order valence-corrected chi connectivity index (χ2v) is 6.15. The Balaban J connectivity index is 2.27. The molecule has 1 saturated heterocycles. The lowest BCUT2D eigenvalue weighted by atomic mass is 10.3. The molecule has 1 atom stereocenters. The van der Waals surface area contributed by atoms with Gasteiger partial charge in [-0.2, -0.15) is 0 Å². The van der Waals surface area contributed by atoms with Gasteiger partial charge in [-0.25, -0.2) is 0 Å². The van der Waals surface area contributed by atoms with Crippen molar-refractivity contribution in [3.63, 3.8) is 0 Å². The molecule has 1 amide bonds. The number of furan rings is 1. The smallest absolute Gasteiger partial charge is 0.266 e. The van der Waals surface area contributed by atoms with Crippen molar-refractivity contribution in [3.05, 3.63) is 27.5 Å². The van der Waals surface area contributed by atoms with Gasteiger partial charge in [0.25, 0.3) is 5.91 Å². The molecule has 0 spiro atoms. The van der Waals surface area contributed by atoms with Crippen molar-refractivity contribution in [3.8, 4) is 0 Å². The summed E-state index contributed by atoms with van der Waals surface area (Å²) in [5.41, 5.74) is 0. The van der Waals surface area contributed by atoms with Crippen LogP contribution in [0.1, 0.15) is 12.7 Å². The van der Waals surface area contributed by atoms with Crippen molar-refractivity contribution in [2.75, 3.05) is 0 Å². The van der Waals surface area contributed by atoms with Crippen LogP contribution in [0.5, 0.6) is 0 Å². The third-order valence-corrected chi connectivity index (χ3v) is 4.18. The maximum Gasteiger partial charge on any atom is 0.266 e. The Morgan fingerprint density at radius 2 is 2.32 bits per heavy atom. The van der Waals surface area contributed by atoms with Crippen molar-refractivity contribution in [1.82, 2.24) is 4.90 Å². The summed E-state index contributed by atoms with van der Waals surface area (Å²) in [6.45, 7) is 1.35. The molecule has 1 aliphatic heterocycles. The lowest BCUT2D eigenvalue weighted by Crippen LogP contribution is -2.48. The fourth-order valence-corrected chi connectivity index (χ4v) is 3.17. The number of hydrogen-bond donors (Lipinski definition) is 0. The zero-order valence-electron chi connectivity index (χ0n) is 9.58. The molecule has 1 aromatic rings. The summed E-state index contributed by atoms with van der Waals surface area (Å²) < 4.78 is 5.99. The highest BCUT2D eigenvalue weighted by Gasteiger charge is 2.36. The molecule has 8 heteroatoms. The van der Waals surface area contributed by atoms with Crippen LogP contribution in [0.25, 0.3) is 6.08 Å². The van der Waals surface area contributed by atoms with Crippen LogP contribution in [0.2, 0.25) is 0 Å². The number of carboxylic acid groups (broad SMARTS) is 1. The molecule has 2 rings (SSSR count). The number of aliphatic carboxylic acids is 1. The van der Waals surface area contributed by atoms with Crippen LogP contribution in [-0.4, -0.2) is 27.1 Å². The molecule has 0 saturated carbocycles. The molecule has 1 aliphatic rings. The van der Waals surface area contributed by atoms with Crippen molar-refractivity contribution < 1.29 is 19.1 Å². The minimum atomic E-state index is -1.35. The minimum absolute atomic E-state index is 0.193. The van der Waals surface area contributed by atoms with E-state index in [4.69, 9.17) is 16.6 Å². The van der Waals surface area contributed by atoms with Gasteiger partial charge in [0, 0.05) is 6.08 Å². The lowest BCUT2D eigenvalue weighted by Gasteiger charge is -2.23. The summed E-state index contributed by atoms with van der Waals surface area (Å²) in [5.74, 6) is -1.33. The molecule has 5 nitrogen and oxygen atoms in total. The van der Waals surface area contributed by atoms with Crippen molar-refractivity contribution in [1.29, 1.82) is 0 Å². The molecular weight excluding hydrogens is 354 g/mol. The third-order valence-electron chi connectivity index (χ3n) is 2.42. The van der Waals surface area contributed by atoms with Crippen LogP contribution >= 0.6 is 39.9 Å². The van der Waals surface area contributed by atoms with E-state index in [1.54, 1.807) is 12.1 Å². The minimum Gasteiger partial charge on any atom is -0.548 e. The summed E-state index contributed by atoms with van der Waals surface area (Å²) >= 11 is 9.19. The molecule has 0 aliphatic carbocycles. The van der Waals surface area contributed by atoms with Crippen LogP contribution in [0.15, 0.2) is 26.1 Å². The number of halogens is 1. The highest BCUT2D eigenvalue weighted by molar-refractivity contribution is 9.10. The van der Waals surface area contributed by atoms with E-state index < -0.39 is 17.9 Å². The monoisotopic (exact) mass is 360 g/mol. The second kappa shape index (κ2) is 5.48. The topological polar surface area (TPSA) is 73.6 Å². The molecule has 0 bridgehead atoms. The number of carbonyl (C=O) groups excluding carboxylic acids is 2. The average Bonchev–Trinajstić information content (AvgIpc) is 2.84. The number of thiocarbonyl (C=S) groups is 1. The highest BCUT2D eigenvalue weighted by Crippen LogP contribution is 2.34. The zero-order chi connectivity index (χ0) is 14.2. The zero-order valence-corrected chi connectivity index (χ0v) is 12.8. The number of carboxylic acids is 1. The van der Waals surface area contributed by atoms with Gasteiger partial charge in [0.15, 0.2) is 4.67 Å². The first-order chi connectivity index (χ1) is 8.90. The standard InChI is InChI=1S/C11H8BrNO4S2/c1-5(10(15)16)13-9(14)7(19-11(13)18)4-6-2-3-8(12)17-6/h2-5H,1H3,(H,15,16)/p-1/b7-4+/t5-/m1/s1. The first-order valence-electron chi connectivity index (χ1n) is 5.13. The Hall–Kier alpha value is -1.12. The van der Waals surface area contributed by atoms with Crippen LogP contribution < -0.4 is 5.11 Å². The molecule has 1 fully saturated rings. The quantitative estimate of drug-likeness (QED) is 0.598. The van der Waals surface area contributed by atoms with Gasteiger partial charge in [-0.15, -0.1) is 0 Å². The van der Waals surface area contributed by atoms with Gasteiger partial charge in [-0.1, -0.05) is 24.0 Å². The van der Waals surface area contributed by atoms with E-state index in [2.05, 4.69) is 15.9 Å². The largest absolute Gasteiger partial charge is 0.548 e. The van der Waals surface area contributed by atoms with E-state index in [0.717, 1.165) is 16.7 Å². The summed E-state index contributed by atoms with van der Waals surface area (Å²) in [5, 5.41) is 10.8. The SMILES string of the molecule is C[C@H](C(=O)[O-])N1C(=O)/C(=C\c2ccc(Br)o2)SC1=S. The maximum absolute atomic E-state index is 12.1. The van der Waals surface area contributed by atoms with E-state index in [9.17, 15) is 14.7 Å². The summed E-state index contributed by atoms with van der Waals surface area (Å²) in [4.78, 5) is 24.3.